The quantitative estimate of drug-likeness (QED) is 0.374. The van der Waals surface area contributed by atoms with E-state index in [4.69, 9.17) is 5.53 Å². The van der Waals surface area contributed by atoms with Gasteiger partial charge in [-0.25, -0.2) is 0 Å². The van der Waals surface area contributed by atoms with Gasteiger partial charge in [-0.2, -0.15) is 0 Å². The molecule has 0 aliphatic heterocycles. The van der Waals surface area contributed by atoms with Gasteiger partial charge in [0.2, 0.25) is 0 Å². The minimum Gasteiger partial charge on any atom is -0.0900 e. The molecule has 2 atom stereocenters. The maximum Gasteiger partial charge on any atom is 0.0442 e. The topological polar surface area (TPSA) is 48.8 Å². The Bertz CT molecular complexity index is 327. The van der Waals surface area contributed by atoms with Crippen molar-refractivity contribution < 1.29 is 0 Å². The van der Waals surface area contributed by atoms with E-state index in [9.17, 15) is 0 Å². The first-order valence-electron chi connectivity index (χ1n) is 4.51. The first-order chi connectivity index (χ1) is 6.42. The molecule has 1 saturated carbocycles. The number of azide groups is 1. The highest BCUT2D eigenvalue weighted by molar-refractivity contribution is 5.24. The summed E-state index contributed by atoms with van der Waals surface area (Å²) in [7, 11) is 0. The van der Waals surface area contributed by atoms with Gasteiger partial charge < -0.3 is 0 Å². The predicted octanol–water partition coefficient (Wildman–Crippen LogP) is 3.24. The molecule has 1 aromatic carbocycles. The molecule has 0 radical (unpaired) electrons. The Labute approximate surface area is 77.0 Å². The van der Waals surface area contributed by atoms with E-state index >= 15 is 0 Å². The van der Waals surface area contributed by atoms with Crippen molar-refractivity contribution in [2.75, 3.05) is 0 Å². The molecule has 0 saturated heterocycles. The van der Waals surface area contributed by atoms with Crippen molar-refractivity contribution in [1.29, 1.82) is 0 Å². The average Bonchev–Trinajstić information content (AvgIpc) is 2.14. The Balaban J connectivity index is 2.15. The fraction of sp³-hybridized carbons (Fsp3) is 0.400. The molecule has 0 amide bonds. The Hall–Kier alpha value is -1.47. The van der Waals surface area contributed by atoms with Crippen LogP contribution in [0, 0.1) is 0 Å². The predicted molar refractivity (Wildman–Crippen MR) is 51.4 cm³/mol. The summed E-state index contributed by atoms with van der Waals surface area (Å²) >= 11 is 0. The molecule has 13 heavy (non-hydrogen) atoms. The summed E-state index contributed by atoms with van der Waals surface area (Å²) in [6, 6.07) is 10.5. The normalized spacial score (nSPS) is 25.8. The molecule has 2 unspecified atom stereocenters. The van der Waals surface area contributed by atoms with Crippen LogP contribution >= 0.6 is 0 Å². The molecule has 1 aromatic rings. The summed E-state index contributed by atoms with van der Waals surface area (Å²) in [6.45, 7) is 0. The highest BCUT2D eigenvalue weighted by Crippen LogP contribution is 2.38. The lowest BCUT2D eigenvalue weighted by atomic mass is 9.75. The lowest BCUT2D eigenvalue weighted by Crippen LogP contribution is -2.26. The second kappa shape index (κ2) is 3.50. The van der Waals surface area contributed by atoms with Crippen molar-refractivity contribution in [2.45, 2.75) is 24.8 Å². The first-order valence-corrected chi connectivity index (χ1v) is 4.51. The Morgan fingerprint density at radius 3 is 2.54 bits per heavy atom. The van der Waals surface area contributed by atoms with Crippen LogP contribution in [0.2, 0.25) is 0 Å². The third kappa shape index (κ3) is 1.51. The van der Waals surface area contributed by atoms with Gasteiger partial charge in [0.15, 0.2) is 0 Å². The molecule has 66 valence electrons. The van der Waals surface area contributed by atoms with Crippen molar-refractivity contribution in [1.82, 2.24) is 0 Å². The van der Waals surface area contributed by atoms with Crippen molar-refractivity contribution in [3.63, 3.8) is 0 Å². The van der Waals surface area contributed by atoms with Gasteiger partial charge in [-0.05, 0) is 29.9 Å². The van der Waals surface area contributed by atoms with Crippen LogP contribution in [0.15, 0.2) is 35.4 Å². The number of nitrogens with zero attached hydrogens (tertiary/aromatic N) is 3. The Kier molecular flexibility index (Phi) is 2.19. The van der Waals surface area contributed by atoms with Gasteiger partial charge in [0, 0.05) is 11.0 Å². The van der Waals surface area contributed by atoms with E-state index in [0.29, 0.717) is 5.92 Å². The molecule has 1 aliphatic rings. The third-order valence-corrected chi connectivity index (χ3v) is 2.67. The van der Waals surface area contributed by atoms with Gasteiger partial charge in [-0.15, -0.1) is 0 Å². The molecule has 0 spiro atoms. The summed E-state index contributed by atoms with van der Waals surface area (Å²) < 4.78 is 0. The van der Waals surface area contributed by atoms with E-state index in [2.05, 4.69) is 22.2 Å². The van der Waals surface area contributed by atoms with Crippen LogP contribution in [0.4, 0.5) is 0 Å². The van der Waals surface area contributed by atoms with E-state index in [1.54, 1.807) is 0 Å². The molecule has 2 rings (SSSR count). The van der Waals surface area contributed by atoms with E-state index < -0.39 is 0 Å². The zero-order chi connectivity index (χ0) is 9.10. The largest absolute Gasteiger partial charge is 0.0900 e. The Morgan fingerprint density at radius 1 is 1.23 bits per heavy atom. The van der Waals surface area contributed by atoms with Crippen LogP contribution in [-0.2, 0) is 0 Å². The fourth-order valence-electron chi connectivity index (χ4n) is 1.78. The van der Waals surface area contributed by atoms with Crippen LogP contribution in [-0.4, -0.2) is 6.04 Å². The highest BCUT2D eigenvalue weighted by Gasteiger charge is 2.30. The maximum atomic E-state index is 8.32. The van der Waals surface area contributed by atoms with E-state index in [1.165, 1.54) is 5.56 Å². The molecule has 0 N–H and O–H groups in total. The molecule has 3 heteroatoms. The zero-order valence-corrected chi connectivity index (χ0v) is 7.30. The van der Waals surface area contributed by atoms with Crippen LogP contribution < -0.4 is 0 Å². The lowest BCUT2D eigenvalue weighted by Gasteiger charge is -2.33. The molecule has 1 aliphatic carbocycles. The van der Waals surface area contributed by atoms with Gasteiger partial charge in [-0.3, -0.25) is 0 Å². The number of rotatable bonds is 2. The molecule has 0 bridgehead atoms. The van der Waals surface area contributed by atoms with Crippen molar-refractivity contribution in [3.05, 3.63) is 46.3 Å². The van der Waals surface area contributed by atoms with Gasteiger partial charge in [0.25, 0.3) is 0 Å². The minimum atomic E-state index is 0.187. The molecular formula is C10H11N3. The lowest BCUT2D eigenvalue weighted by molar-refractivity contribution is 0.346. The number of benzene rings is 1. The number of hydrogen-bond acceptors (Lipinski definition) is 1. The smallest absolute Gasteiger partial charge is 0.0442 e. The monoisotopic (exact) mass is 173 g/mol. The van der Waals surface area contributed by atoms with Crippen LogP contribution in [0.1, 0.15) is 24.3 Å². The van der Waals surface area contributed by atoms with E-state index in [1.807, 2.05) is 18.2 Å². The maximum absolute atomic E-state index is 8.32. The van der Waals surface area contributed by atoms with Gasteiger partial charge in [0.1, 0.15) is 0 Å². The molecule has 3 nitrogen and oxygen atoms in total. The number of hydrogen-bond donors (Lipinski definition) is 0. The zero-order valence-electron chi connectivity index (χ0n) is 7.30. The van der Waals surface area contributed by atoms with E-state index in [0.717, 1.165) is 12.8 Å². The van der Waals surface area contributed by atoms with Crippen LogP contribution in [0.25, 0.3) is 10.4 Å². The van der Waals surface area contributed by atoms with Gasteiger partial charge >= 0.3 is 0 Å². The minimum absolute atomic E-state index is 0.187. The summed E-state index contributed by atoms with van der Waals surface area (Å²) in [5.41, 5.74) is 9.62. The van der Waals surface area contributed by atoms with Gasteiger partial charge in [-0.1, -0.05) is 35.4 Å². The fourth-order valence-corrected chi connectivity index (χ4v) is 1.78. The summed E-state index contributed by atoms with van der Waals surface area (Å²) in [5.74, 6) is 0.456. The SMILES string of the molecule is [N-]=[N+]=NC1CCC1c1ccccc1. The van der Waals surface area contributed by atoms with E-state index in [-0.39, 0.29) is 6.04 Å². The Morgan fingerprint density at radius 2 is 2.00 bits per heavy atom. The average molecular weight is 173 g/mol. The molecular weight excluding hydrogens is 162 g/mol. The highest BCUT2D eigenvalue weighted by atomic mass is 15.2. The van der Waals surface area contributed by atoms with Crippen LogP contribution in [0.5, 0.6) is 0 Å². The van der Waals surface area contributed by atoms with Crippen LogP contribution in [0.3, 0.4) is 0 Å². The standard InChI is InChI=1S/C10H11N3/c11-13-12-10-7-6-9(10)8-4-2-1-3-5-8/h1-5,9-10H,6-7H2. The second-order valence-electron chi connectivity index (χ2n) is 3.37. The molecule has 0 heterocycles. The van der Waals surface area contributed by atoms with Crippen molar-refractivity contribution in [2.24, 2.45) is 5.11 Å². The molecule has 0 aromatic heterocycles. The molecule has 1 fully saturated rings. The van der Waals surface area contributed by atoms with Crippen molar-refractivity contribution in [3.8, 4) is 0 Å². The van der Waals surface area contributed by atoms with Crippen molar-refractivity contribution >= 4 is 0 Å². The third-order valence-electron chi connectivity index (χ3n) is 2.67. The summed E-state index contributed by atoms with van der Waals surface area (Å²) in [6.07, 6.45) is 2.18. The summed E-state index contributed by atoms with van der Waals surface area (Å²) in [4.78, 5) is 2.86. The first kappa shape index (κ1) is 8.14. The van der Waals surface area contributed by atoms with Gasteiger partial charge in [0.05, 0.1) is 0 Å². The summed E-state index contributed by atoms with van der Waals surface area (Å²) in [5, 5.41) is 3.77. The second-order valence-corrected chi connectivity index (χ2v) is 3.37.